The molecule has 0 aromatic rings. The first-order chi connectivity index (χ1) is 9.48. The van der Waals surface area contributed by atoms with Crippen LogP contribution in [0.25, 0.3) is 0 Å². The lowest BCUT2D eigenvalue weighted by Gasteiger charge is -2.43. The van der Waals surface area contributed by atoms with E-state index in [1.54, 1.807) is 4.90 Å². The zero-order valence-electron chi connectivity index (χ0n) is 12.4. The maximum atomic E-state index is 11.7. The molecule has 2 aliphatic carbocycles. The van der Waals surface area contributed by atoms with Crippen molar-refractivity contribution in [1.82, 2.24) is 4.90 Å². The van der Waals surface area contributed by atoms with Crippen molar-refractivity contribution in [3.8, 4) is 0 Å². The summed E-state index contributed by atoms with van der Waals surface area (Å²) in [6.07, 6.45) is 11.4. The number of hydrogen-bond donors (Lipinski definition) is 1. The smallest absolute Gasteiger partial charge is 0.213 e. The average Bonchev–Trinajstić information content (AvgIpc) is 3.16. The molecule has 112 valence electrons. The zero-order chi connectivity index (χ0) is 14.8. The highest BCUT2D eigenvalue weighted by molar-refractivity contribution is 14.1. The number of halogens is 1. The maximum absolute atomic E-state index is 11.7. The van der Waals surface area contributed by atoms with E-state index in [-0.39, 0.29) is 3.55 Å². The van der Waals surface area contributed by atoms with Gasteiger partial charge in [0.05, 0.1) is 3.55 Å². The van der Waals surface area contributed by atoms with Crippen LogP contribution in [-0.2, 0) is 4.79 Å². The third kappa shape index (κ3) is 2.96. The average molecular weight is 389 g/mol. The number of allylic oxidation sites excluding steroid dienone is 3. The van der Waals surface area contributed by atoms with Crippen molar-refractivity contribution in [3.63, 3.8) is 0 Å². The highest BCUT2D eigenvalue weighted by atomic mass is 127. The van der Waals surface area contributed by atoms with Crippen molar-refractivity contribution >= 4 is 29.0 Å². The van der Waals surface area contributed by atoms with Crippen LogP contribution in [0.1, 0.15) is 58.8 Å². The minimum Gasteiger partial charge on any atom is -0.367 e. The third-order valence-electron chi connectivity index (χ3n) is 4.37. The standard InChI is InChI=1S/C16H24INO2/c1-3-4-9-16(20,14-8-6-5-7-13(14)2)18(12-19)15(17)10-11-15/h5,7,12,20H,3-4,6,8-11H2,1-2H3. The highest BCUT2D eigenvalue weighted by Crippen LogP contribution is 2.52. The Morgan fingerprint density at radius 2 is 2.25 bits per heavy atom. The van der Waals surface area contributed by atoms with Crippen LogP contribution in [0.3, 0.4) is 0 Å². The van der Waals surface area contributed by atoms with Gasteiger partial charge in [-0.2, -0.15) is 0 Å². The SMILES string of the molecule is CCCCC(O)(C1=C(C)C=CCC1)N(C=O)C1(I)CC1. The summed E-state index contributed by atoms with van der Waals surface area (Å²) >= 11 is 2.32. The van der Waals surface area contributed by atoms with Crippen LogP contribution < -0.4 is 0 Å². The molecule has 1 amide bonds. The summed E-state index contributed by atoms with van der Waals surface area (Å²) in [5, 5.41) is 11.4. The topological polar surface area (TPSA) is 40.5 Å². The molecule has 1 atom stereocenters. The molecule has 0 aromatic heterocycles. The lowest BCUT2D eigenvalue weighted by molar-refractivity contribution is -0.143. The van der Waals surface area contributed by atoms with Gasteiger partial charge >= 0.3 is 0 Å². The van der Waals surface area contributed by atoms with Crippen molar-refractivity contribution in [2.45, 2.75) is 68.1 Å². The fourth-order valence-electron chi connectivity index (χ4n) is 3.00. The molecule has 4 heteroatoms. The van der Waals surface area contributed by atoms with E-state index in [2.05, 4.69) is 41.7 Å². The second-order valence-electron chi connectivity index (χ2n) is 5.92. The van der Waals surface area contributed by atoms with Crippen LogP contribution in [-0.4, -0.2) is 25.7 Å². The Balaban J connectivity index is 2.38. The number of carbonyl (C=O) groups excluding carboxylic acids is 1. The van der Waals surface area contributed by atoms with Gasteiger partial charge in [-0.3, -0.25) is 9.69 Å². The molecule has 0 aliphatic heterocycles. The lowest BCUT2D eigenvalue weighted by atomic mass is 9.85. The number of unbranched alkanes of at least 4 members (excludes halogenated alkanes) is 1. The van der Waals surface area contributed by atoms with Gasteiger partial charge in [0.2, 0.25) is 6.41 Å². The van der Waals surface area contributed by atoms with Crippen LogP contribution >= 0.6 is 22.6 Å². The van der Waals surface area contributed by atoms with Gasteiger partial charge in [-0.05, 0) is 56.6 Å². The molecule has 1 N–H and O–H groups in total. The number of rotatable bonds is 7. The van der Waals surface area contributed by atoms with Crippen LogP contribution in [0.5, 0.6) is 0 Å². The van der Waals surface area contributed by atoms with E-state index in [4.69, 9.17) is 0 Å². The van der Waals surface area contributed by atoms with E-state index in [0.717, 1.165) is 56.1 Å². The van der Waals surface area contributed by atoms with Gasteiger partial charge < -0.3 is 5.11 Å². The third-order valence-corrected chi connectivity index (χ3v) is 5.96. The quantitative estimate of drug-likeness (QED) is 0.236. The summed E-state index contributed by atoms with van der Waals surface area (Å²) < 4.78 is -0.184. The van der Waals surface area contributed by atoms with E-state index >= 15 is 0 Å². The summed E-state index contributed by atoms with van der Waals surface area (Å²) in [5.74, 6) is 0. The fourth-order valence-corrected chi connectivity index (χ4v) is 3.78. The number of carbonyl (C=O) groups is 1. The molecule has 0 bridgehead atoms. The number of hydrogen-bond acceptors (Lipinski definition) is 2. The van der Waals surface area contributed by atoms with Crippen molar-refractivity contribution in [2.75, 3.05) is 0 Å². The van der Waals surface area contributed by atoms with Gasteiger partial charge in [-0.25, -0.2) is 0 Å². The van der Waals surface area contributed by atoms with E-state index in [1.807, 2.05) is 6.92 Å². The minimum atomic E-state index is -1.11. The number of amides is 1. The van der Waals surface area contributed by atoms with Crippen molar-refractivity contribution in [3.05, 3.63) is 23.3 Å². The number of aliphatic hydroxyl groups is 1. The first-order valence-electron chi connectivity index (χ1n) is 7.51. The summed E-state index contributed by atoms with van der Waals surface area (Å²) in [6.45, 7) is 4.16. The van der Waals surface area contributed by atoms with Gasteiger partial charge in [-0.15, -0.1) is 0 Å². The molecule has 1 saturated carbocycles. The Morgan fingerprint density at radius 3 is 2.75 bits per heavy atom. The van der Waals surface area contributed by atoms with Crippen LogP contribution in [0.4, 0.5) is 0 Å². The molecule has 2 rings (SSSR count). The van der Waals surface area contributed by atoms with Crippen molar-refractivity contribution in [2.24, 2.45) is 0 Å². The largest absolute Gasteiger partial charge is 0.367 e. The van der Waals surface area contributed by atoms with Crippen molar-refractivity contribution < 1.29 is 9.90 Å². The Hall–Kier alpha value is -0.360. The Morgan fingerprint density at radius 1 is 1.55 bits per heavy atom. The monoisotopic (exact) mass is 389 g/mol. The van der Waals surface area contributed by atoms with Gasteiger partial charge in [0, 0.05) is 0 Å². The number of nitrogens with zero attached hydrogens (tertiary/aromatic N) is 1. The molecular formula is C16H24INO2. The molecule has 0 spiro atoms. The summed E-state index contributed by atoms with van der Waals surface area (Å²) in [4.78, 5) is 13.4. The Labute approximate surface area is 135 Å². The van der Waals surface area contributed by atoms with E-state index in [9.17, 15) is 9.90 Å². The molecule has 1 unspecified atom stereocenters. The van der Waals surface area contributed by atoms with Crippen LogP contribution in [0.15, 0.2) is 23.3 Å². The molecular weight excluding hydrogens is 365 g/mol. The summed E-state index contributed by atoms with van der Waals surface area (Å²) in [5.41, 5.74) is 1.04. The minimum absolute atomic E-state index is 0.184. The predicted molar refractivity (Wildman–Crippen MR) is 89.4 cm³/mol. The molecule has 20 heavy (non-hydrogen) atoms. The molecule has 0 saturated heterocycles. The molecule has 0 aromatic carbocycles. The summed E-state index contributed by atoms with van der Waals surface area (Å²) in [7, 11) is 0. The second-order valence-corrected chi connectivity index (χ2v) is 7.92. The van der Waals surface area contributed by atoms with E-state index < -0.39 is 5.72 Å². The summed E-state index contributed by atoms with van der Waals surface area (Å²) in [6, 6.07) is 0. The van der Waals surface area contributed by atoms with E-state index in [0.29, 0.717) is 6.42 Å². The lowest BCUT2D eigenvalue weighted by Crippen LogP contribution is -2.54. The normalized spacial score (nSPS) is 23.4. The van der Waals surface area contributed by atoms with Crippen LogP contribution in [0.2, 0.25) is 0 Å². The highest BCUT2D eigenvalue weighted by Gasteiger charge is 2.54. The van der Waals surface area contributed by atoms with Gasteiger partial charge in [-0.1, -0.05) is 48.1 Å². The molecule has 0 radical (unpaired) electrons. The van der Waals surface area contributed by atoms with E-state index in [1.165, 1.54) is 0 Å². The molecule has 2 aliphatic rings. The van der Waals surface area contributed by atoms with Gasteiger partial charge in [0.25, 0.3) is 0 Å². The van der Waals surface area contributed by atoms with Gasteiger partial charge in [0.1, 0.15) is 0 Å². The maximum Gasteiger partial charge on any atom is 0.213 e. The number of alkyl halides is 1. The first-order valence-corrected chi connectivity index (χ1v) is 8.58. The van der Waals surface area contributed by atoms with Gasteiger partial charge in [0.15, 0.2) is 5.72 Å². The first kappa shape index (κ1) is 16.0. The second kappa shape index (κ2) is 6.18. The van der Waals surface area contributed by atoms with Crippen LogP contribution in [0, 0.1) is 0 Å². The molecule has 3 nitrogen and oxygen atoms in total. The fraction of sp³-hybridized carbons (Fsp3) is 0.688. The Kier molecular flexibility index (Phi) is 4.95. The zero-order valence-corrected chi connectivity index (χ0v) is 14.5. The molecule has 1 fully saturated rings. The van der Waals surface area contributed by atoms with Crippen molar-refractivity contribution in [1.29, 1.82) is 0 Å². The molecule has 0 heterocycles. The predicted octanol–water partition coefficient (Wildman–Crippen LogP) is 3.92. The Bertz CT molecular complexity index is 440.